The summed E-state index contributed by atoms with van der Waals surface area (Å²) in [5.41, 5.74) is 2.17. The van der Waals surface area contributed by atoms with Gasteiger partial charge in [0.1, 0.15) is 5.25 Å². The summed E-state index contributed by atoms with van der Waals surface area (Å²) in [5, 5.41) is 8.23. The van der Waals surface area contributed by atoms with Gasteiger partial charge in [0.2, 0.25) is 4.77 Å². The van der Waals surface area contributed by atoms with E-state index < -0.39 is 0 Å². The standard InChI is InChI=1S/C17H23N5O2S2/c1-12(2)13-4-6-14(7-5-13)22-17(25)21(18-19-22)11-20-8-9-26-15(10-20)16(23)24-3/h4-7,12,15H,8-11H2,1-3H3/t15-/m0/s1. The van der Waals surface area contributed by atoms with Gasteiger partial charge in [-0.25, -0.2) is 4.68 Å². The number of esters is 1. The number of hydrogen-bond acceptors (Lipinski definition) is 7. The molecule has 2 heterocycles. The molecule has 3 rings (SSSR count). The van der Waals surface area contributed by atoms with Crippen LogP contribution in [-0.4, -0.2) is 61.9 Å². The van der Waals surface area contributed by atoms with Gasteiger partial charge in [-0.1, -0.05) is 26.0 Å². The molecular weight excluding hydrogens is 370 g/mol. The van der Waals surface area contributed by atoms with Crippen LogP contribution in [0.3, 0.4) is 0 Å². The lowest BCUT2D eigenvalue weighted by Crippen LogP contribution is -2.42. The zero-order chi connectivity index (χ0) is 18.7. The van der Waals surface area contributed by atoms with Crippen LogP contribution >= 0.6 is 24.0 Å². The predicted molar refractivity (Wildman–Crippen MR) is 104 cm³/mol. The quantitative estimate of drug-likeness (QED) is 0.571. The number of rotatable bonds is 5. The van der Waals surface area contributed by atoms with Gasteiger partial charge in [-0.15, -0.1) is 11.8 Å². The highest BCUT2D eigenvalue weighted by Crippen LogP contribution is 2.20. The van der Waals surface area contributed by atoms with E-state index in [0.29, 0.717) is 23.9 Å². The van der Waals surface area contributed by atoms with Gasteiger partial charge in [0.25, 0.3) is 0 Å². The molecule has 9 heteroatoms. The van der Waals surface area contributed by atoms with Crippen LogP contribution < -0.4 is 0 Å². The summed E-state index contributed by atoms with van der Waals surface area (Å²) in [7, 11) is 1.42. The number of carbonyl (C=O) groups excluding carboxylic acids is 1. The van der Waals surface area contributed by atoms with Crippen LogP contribution in [0.5, 0.6) is 0 Å². The molecule has 0 spiro atoms. The van der Waals surface area contributed by atoms with E-state index in [2.05, 4.69) is 41.3 Å². The summed E-state index contributed by atoms with van der Waals surface area (Å²) in [6.07, 6.45) is 0. The Labute approximate surface area is 162 Å². The normalized spacial score (nSPS) is 18.2. The summed E-state index contributed by atoms with van der Waals surface area (Å²) < 4.78 is 8.74. The van der Waals surface area contributed by atoms with E-state index in [1.807, 2.05) is 12.1 Å². The van der Waals surface area contributed by atoms with Gasteiger partial charge >= 0.3 is 5.97 Å². The maximum absolute atomic E-state index is 11.8. The predicted octanol–water partition coefficient (Wildman–Crippen LogP) is 2.47. The summed E-state index contributed by atoms with van der Waals surface area (Å²) in [6, 6.07) is 8.19. The number of hydrogen-bond donors (Lipinski definition) is 0. The second-order valence-electron chi connectivity index (χ2n) is 6.52. The van der Waals surface area contributed by atoms with Crippen LogP contribution in [0.4, 0.5) is 0 Å². The summed E-state index contributed by atoms with van der Waals surface area (Å²) in [6.45, 7) is 6.33. The smallest absolute Gasteiger partial charge is 0.320 e. The highest BCUT2D eigenvalue weighted by atomic mass is 32.2. The van der Waals surface area contributed by atoms with Gasteiger partial charge in [0.15, 0.2) is 0 Å². The monoisotopic (exact) mass is 393 g/mol. The molecule has 0 amide bonds. The average molecular weight is 394 g/mol. The Morgan fingerprint density at radius 1 is 1.35 bits per heavy atom. The van der Waals surface area contributed by atoms with Crippen LogP contribution in [0, 0.1) is 4.77 Å². The molecule has 2 aromatic rings. The lowest BCUT2D eigenvalue weighted by atomic mass is 10.0. The van der Waals surface area contributed by atoms with Crippen molar-refractivity contribution in [2.45, 2.75) is 31.7 Å². The summed E-state index contributed by atoms with van der Waals surface area (Å²) >= 11 is 7.17. The second kappa shape index (κ2) is 8.32. The maximum atomic E-state index is 11.8. The van der Waals surface area contributed by atoms with E-state index in [9.17, 15) is 4.79 Å². The number of aromatic nitrogens is 4. The number of benzene rings is 1. The van der Waals surface area contributed by atoms with E-state index >= 15 is 0 Å². The van der Waals surface area contributed by atoms with Crippen LogP contribution in [0.1, 0.15) is 25.3 Å². The third-order valence-corrected chi connectivity index (χ3v) is 5.94. The van der Waals surface area contributed by atoms with Crippen molar-refractivity contribution in [3.63, 3.8) is 0 Å². The topological polar surface area (TPSA) is 65.2 Å². The minimum atomic E-state index is -0.183. The molecule has 1 aliphatic heterocycles. The number of carbonyl (C=O) groups is 1. The molecule has 1 aliphatic rings. The first-order valence-electron chi connectivity index (χ1n) is 8.54. The molecule has 0 N–H and O–H groups in total. The van der Waals surface area contributed by atoms with Crippen molar-refractivity contribution in [2.75, 3.05) is 26.0 Å². The Balaban J connectivity index is 1.73. The number of thioether (sulfide) groups is 1. The van der Waals surface area contributed by atoms with Crippen LogP contribution in [0.15, 0.2) is 24.3 Å². The molecule has 26 heavy (non-hydrogen) atoms. The fourth-order valence-electron chi connectivity index (χ4n) is 2.82. The van der Waals surface area contributed by atoms with Crippen molar-refractivity contribution in [1.29, 1.82) is 0 Å². The maximum Gasteiger partial charge on any atom is 0.320 e. The molecule has 140 valence electrons. The summed E-state index contributed by atoms with van der Waals surface area (Å²) in [5.74, 6) is 1.17. The third-order valence-electron chi connectivity index (χ3n) is 4.39. The molecule has 1 aromatic heterocycles. The van der Waals surface area contributed by atoms with Gasteiger partial charge < -0.3 is 4.74 Å². The fraction of sp³-hybridized carbons (Fsp3) is 0.529. The van der Waals surface area contributed by atoms with E-state index in [-0.39, 0.29) is 11.2 Å². The van der Waals surface area contributed by atoms with E-state index in [4.69, 9.17) is 17.0 Å². The van der Waals surface area contributed by atoms with Gasteiger partial charge in [-0.05, 0) is 46.3 Å². The molecule has 0 radical (unpaired) electrons. The Hall–Kier alpha value is -1.71. The molecule has 1 fully saturated rings. The van der Waals surface area contributed by atoms with Crippen molar-refractivity contribution < 1.29 is 9.53 Å². The second-order valence-corrected chi connectivity index (χ2v) is 8.20. The molecule has 0 aliphatic carbocycles. The summed E-state index contributed by atoms with van der Waals surface area (Å²) in [4.78, 5) is 13.9. The molecule has 0 unspecified atom stereocenters. The number of tetrazole rings is 1. The largest absolute Gasteiger partial charge is 0.468 e. The highest BCUT2D eigenvalue weighted by molar-refractivity contribution is 8.00. The SMILES string of the molecule is COC(=O)[C@@H]1CN(Cn2nnn(-c3ccc(C(C)C)cc3)c2=S)CCS1. The van der Waals surface area contributed by atoms with Crippen LogP contribution in [-0.2, 0) is 16.2 Å². The molecule has 1 atom stereocenters. The molecule has 0 saturated carbocycles. The molecule has 7 nitrogen and oxygen atoms in total. The lowest BCUT2D eigenvalue weighted by Gasteiger charge is -2.30. The zero-order valence-corrected chi connectivity index (χ0v) is 16.8. The van der Waals surface area contributed by atoms with E-state index in [1.165, 1.54) is 12.7 Å². The Bertz CT molecular complexity index is 815. The first kappa shape index (κ1) is 19.1. The zero-order valence-electron chi connectivity index (χ0n) is 15.2. The van der Waals surface area contributed by atoms with E-state index in [0.717, 1.165) is 18.0 Å². The van der Waals surface area contributed by atoms with Crippen LogP contribution in [0.25, 0.3) is 5.69 Å². The Kier molecular flexibility index (Phi) is 6.10. The number of methoxy groups -OCH3 is 1. The first-order chi connectivity index (χ1) is 12.5. The fourth-order valence-corrected chi connectivity index (χ4v) is 4.25. The highest BCUT2D eigenvalue weighted by Gasteiger charge is 2.27. The molecule has 0 bridgehead atoms. The molecule has 1 aromatic carbocycles. The van der Waals surface area contributed by atoms with Gasteiger partial charge in [-0.3, -0.25) is 9.69 Å². The molecule has 1 saturated heterocycles. The van der Waals surface area contributed by atoms with Crippen molar-refractivity contribution in [3.05, 3.63) is 34.6 Å². The first-order valence-corrected chi connectivity index (χ1v) is 10.00. The van der Waals surface area contributed by atoms with Crippen molar-refractivity contribution >= 4 is 29.9 Å². The van der Waals surface area contributed by atoms with Crippen molar-refractivity contribution in [3.8, 4) is 5.69 Å². The van der Waals surface area contributed by atoms with E-state index in [1.54, 1.807) is 21.1 Å². The van der Waals surface area contributed by atoms with Crippen molar-refractivity contribution in [1.82, 2.24) is 24.7 Å². The lowest BCUT2D eigenvalue weighted by molar-refractivity contribution is -0.140. The number of ether oxygens (including phenoxy) is 1. The Morgan fingerprint density at radius 3 is 2.73 bits per heavy atom. The van der Waals surface area contributed by atoms with Gasteiger partial charge in [-0.2, -0.15) is 4.68 Å². The minimum Gasteiger partial charge on any atom is -0.468 e. The number of nitrogens with zero attached hydrogens (tertiary/aromatic N) is 5. The third kappa shape index (κ3) is 4.16. The van der Waals surface area contributed by atoms with Gasteiger partial charge in [0.05, 0.1) is 19.5 Å². The molecular formula is C17H23N5O2S2. The van der Waals surface area contributed by atoms with Crippen molar-refractivity contribution in [2.24, 2.45) is 0 Å². The minimum absolute atomic E-state index is 0.165. The van der Waals surface area contributed by atoms with Gasteiger partial charge in [0, 0.05) is 18.8 Å². The Morgan fingerprint density at radius 2 is 2.08 bits per heavy atom. The average Bonchev–Trinajstić information content (AvgIpc) is 3.01. The van der Waals surface area contributed by atoms with Crippen LogP contribution in [0.2, 0.25) is 0 Å².